The number of alkyl halides is 3. The molecular formula is C20H19F3N4O3. The Bertz CT molecular complexity index is 1110. The van der Waals surface area contributed by atoms with Gasteiger partial charge in [0, 0.05) is 17.7 Å². The minimum Gasteiger partial charge on any atom is -0.507 e. The van der Waals surface area contributed by atoms with Gasteiger partial charge in [-0.15, -0.1) is 10.2 Å². The molecule has 10 heteroatoms. The minimum atomic E-state index is -4.55. The van der Waals surface area contributed by atoms with Crippen molar-refractivity contribution < 1.29 is 28.1 Å². The van der Waals surface area contributed by atoms with Crippen molar-refractivity contribution in [1.82, 2.24) is 19.7 Å². The molecule has 0 radical (unpaired) electrons. The summed E-state index contributed by atoms with van der Waals surface area (Å²) in [6, 6.07) is 2.61. The standard InChI is InChI=1S/C20H19F3N4O3/c21-20(22,23)11-3-4-12(14(28)7-11)17-16(10-1-2-10)18-19(26-25-17)27(9-24-18)13-5-6-30-8-15(13)29/h3-4,7,9-10,13,15,28-29H,1-2,5-6,8H2/t13-,15-/m1/s1. The fourth-order valence-electron chi connectivity index (χ4n) is 4.05. The molecule has 5 rings (SSSR count). The Morgan fingerprint density at radius 3 is 2.60 bits per heavy atom. The van der Waals surface area contributed by atoms with Crippen LogP contribution in [0.4, 0.5) is 13.2 Å². The second kappa shape index (κ2) is 6.92. The summed E-state index contributed by atoms with van der Waals surface area (Å²) in [5.74, 6) is -0.345. The number of rotatable bonds is 3. The number of phenols is 1. The van der Waals surface area contributed by atoms with Gasteiger partial charge in [-0.2, -0.15) is 13.2 Å². The number of nitrogens with zero attached hydrogens (tertiary/aromatic N) is 4. The van der Waals surface area contributed by atoms with Crippen molar-refractivity contribution in [3.05, 3.63) is 35.7 Å². The lowest BCUT2D eigenvalue weighted by atomic mass is 9.99. The fourth-order valence-corrected chi connectivity index (χ4v) is 4.05. The summed E-state index contributed by atoms with van der Waals surface area (Å²) in [5.41, 5.74) is 1.49. The maximum atomic E-state index is 13.0. The Morgan fingerprint density at radius 1 is 1.13 bits per heavy atom. The predicted molar refractivity (Wildman–Crippen MR) is 99.9 cm³/mol. The number of aliphatic hydroxyl groups is 1. The van der Waals surface area contributed by atoms with Gasteiger partial charge in [0.05, 0.1) is 30.6 Å². The number of benzene rings is 1. The Kier molecular flexibility index (Phi) is 4.44. The van der Waals surface area contributed by atoms with E-state index in [4.69, 9.17) is 4.74 Å². The summed E-state index contributed by atoms with van der Waals surface area (Å²) in [6.45, 7) is 0.743. The molecule has 1 aliphatic heterocycles. The van der Waals surface area contributed by atoms with Crippen molar-refractivity contribution in [2.24, 2.45) is 0 Å². The summed E-state index contributed by atoms with van der Waals surface area (Å²) >= 11 is 0. The van der Waals surface area contributed by atoms with Gasteiger partial charge in [-0.3, -0.25) is 0 Å². The normalized spacial score (nSPS) is 22.5. The first-order chi connectivity index (χ1) is 14.3. The van der Waals surface area contributed by atoms with Crippen molar-refractivity contribution >= 4 is 11.2 Å². The van der Waals surface area contributed by atoms with Crippen molar-refractivity contribution in [3.63, 3.8) is 0 Å². The molecule has 0 bridgehead atoms. The van der Waals surface area contributed by atoms with Gasteiger partial charge in [-0.25, -0.2) is 4.98 Å². The molecule has 0 spiro atoms. The van der Waals surface area contributed by atoms with E-state index >= 15 is 0 Å². The summed E-state index contributed by atoms with van der Waals surface area (Å²) in [6.07, 6.45) is -1.21. The van der Waals surface area contributed by atoms with Crippen molar-refractivity contribution in [3.8, 4) is 17.0 Å². The lowest BCUT2D eigenvalue weighted by molar-refractivity contribution is -0.137. The van der Waals surface area contributed by atoms with E-state index in [1.807, 2.05) is 0 Å². The molecule has 158 valence electrons. The Hall–Kier alpha value is -2.72. The zero-order chi connectivity index (χ0) is 21.0. The molecular weight excluding hydrogens is 401 g/mol. The van der Waals surface area contributed by atoms with Gasteiger partial charge >= 0.3 is 6.18 Å². The van der Waals surface area contributed by atoms with Crippen LogP contribution in [0.1, 0.15) is 42.3 Å². The molecule has 3 heterocycles. The number of imidazole rings is 1. The van der Waals surface area contributed by atoms with E-state index in [1.54, 1.807) is 10.9 Å². The number of aromatic hydroxyl groups is 1. The summed E-state index contributed by atoms with van der Waals surface area (Å²) in [4.78, 5) is 4.51. The Balaban J connectivity index is 1.63. The summed E-state index contributed by atoms with van der Waals surface area (Å²) < 4.78 is 46.0. The monoisotopic (exact) mass is 420 g/mol. The van der Waals surface area contributed by atoms with E-state index in [-0.39, 0.29) is 24.1 Å². The number of hydrogen-bond donors (Lipinski definition) is 2. The number of aliphatic hydroxyl groups excluding tert-OH is 1. The molecule has 3 aromatic rings. The van der Waals surface area contributed by atoms with Gasteiger partial charge in [0.15, 0.2) is 5.65 Å². The van der Waals surface area contributed by atoms with E-state index in [0.29, 0.717) is 36.0 Å². The van der Waals surface area contributed by atoms with Crippen molar-refractivity contribution in [2.75, 3.05) is 13.2 Å². The van der Waals surface area contributed by atoms with E-state index in [1.165, 1.54) is 6.07 Å². The average Bonchev–Trinajstić information content (AvgIpc) is 3.46. The SMILES string of the molecule is Oc1cc(C(F)(F)F)ccc1-c1nnc2c(ncn2[C@@H]2CCOC[C@H]2O)c1C1CC1. The molecule has 1 saturated carbocycles. The molecule has 2 fully saturated rings. The molecule has 0 amide bonds. The van der Waals surface area contributed by atoms with Crippen LogP contribution in [0.25, 0.3) is 22.4 Å². The third-order valence-electron chi connectivity index (χ3n) is 5.74. The fraction of sp³-hybridized carbons (Fsp3) is 0.450. The zero-order valence-electron chi connectivity index (χ0n) is 15.8. The molecule has 1 saturated heterocycles. The quantitative estimate of drug-likeness (QED) is 0.675. The first kappa shape index (κ1) is 19.3. The molecule has 0 unspecified atom stereocenters. The van der Waals surface area contributed by atoms with Crippen LogP contribution in [0.3, 0.4) is 0 Å². The van der Waals surface area contributed by atoms with Gasteiger partial charge in [-0.05, 0) is 43.4 Å². The van der Waals surface area contributed by atoms with E-state index in [0.717, 1.165) is 24.5 Å². The maximum absolute atomic E-state index is 13.0. The van der Waals surface area contributed by atoms with Crippen LogP contribution in [0.5, 0.6) is 5.75 Å². The van der Waals surface area contributed by atoms with Crippen molar-refractivity contribution in [1.29, 1.82) is 0 Å². The highest BCUT2D eigenvalue weighted by Gasteiger charge is 2.35. The first-order valence-corrected chi connectivity index (χ1v) is 9.74. The Morgan fingerprint density at radius 2 is 1.93 bits per heavy atom. The second-order valence-corrected chi connectivity index (χ2v) is 7.79. The summed E-state index contributed by atoms with van der Waals surface area (Å²) in [7, 11) is 0. The van der Waals surface area contributed by atoms with E-state index in [2.05, 4.69) is 15.2 Å². The van der Waals surface area contributed by atoms with E-state index < -0.39 is 23.6 Å². The Labute approximate surface area is 169 Å². The smallest absolute Gasteiger partial charge is 0.416 e. The third kappa shape index (κ3) is 3.20. The zero-order valence-corrected chi connectivity index (χ0v) is 15.8. The van der Waals surface area contributed by atoms with Gasteiger partial charge in [0.25, 0.3) is 0 Å². The molecule has 2 aliphatic rings. The number of halogens is 3. The molecule has 2 N–H and O–H groups in total. The third-order valence-corrected chi connectivity index (χ3v) is 5.74. The van der Waals surface area contributed by atoms with Crippen LogP contribution in [0.2, 0.25) is 0 Å². The summed E-state index contributed by atoms with van der Waals surface area (Å²) in [5, 5.41) is 29.2. The predicted octanol–water partition coefficient (Wildman–Crippen LogP) is 3.42. The van der Waals surface area contributed by atoms with Crippen LogP contribution in [0, 0.1) is 0 Å². The topological polar surface area (TPSA) is 93.3 Å². The van der Waals surface area contributed by atoms with Gasteiger partial charge < -0.3 is 19.5 Å². The van der Waals surface area contributed by atoms with E-state index in [9.17, 15) is 23.4 Å². The van der Waals surface area contributed by atoms with Crippen LogP contribution < -0.4 is 0 Å². The maximum Gasteiger partial charge on any atom is 0.416 e. The van der Waals surface area contributed by atoms with Gasteiger partial charge in [-0.1, -0.05) is 0 Å². The highest BCUT2D eigenvalue weighted by Crippen LogP contribution is 2.48. The van der Waals surface area contributed by atoms with Crippen LogP contribution in [-0.4, -0.2) is 49.3 Å². The molecule has 2 atom stereocenters. The van der Waals surface area contributed by atoms with Crippen LogP contribution >= 0.6 is 0 Å². The number of aromatic nitrogens is 4. The van der Waals surface area contributed by atoms with Crippen molar-refractivity contribution in [2.45, 2.75) is 43.5 Å². The second-order valence-electron chi connectivity index (χ2n) is 7.79. The molecule has 7 nitrogen and oxygen atoms in total. The number of hydrogen-bond acceptors (Lipinski definition) is 6. The number of fused-ring (bicyclic) bond motifs is 1. The molecule has 1 aromatic carbocycles. The van der Waals surface area contributed by atoms with Gasteiger partial charge in [0.2, 0.25) is 0 Å². The number of phenolic OH excluding ortho intramolecular Hbond substituents is 1. The minimum absolute atomic E-state index is 0.155. The van der Waals surface area contributed by atoms with Crippen LogP contribution in [-0.2, 0) is 10.9 Å². The number of ether oxygens (including phenoxy) is 1. The molecule has 2 aromatic heterocycles. The lowest BCUT2D eigenvalue weighted by Gasteiger charge is -2.28. The molecule has 30 heavy (non-hydrogen) atoms. The highest BCUT2D eigenvalue weighted by atomic mass is 19.4. The lowest BCUT2D eigenvalue weighted by Crippen LogP contribution is -2.34. The van der Waals surface area contributed by atoms with Gasteiger partial charge in [0.1, 0.15) is 17.0 Å². The average molecular weight is 420 g/mol. The molecule has 1 aliphatic carbocycles. The largest absolute Gasteiger partial charge is 0.507 e. The first-order valence-electron chi connectivity index (χ1n) is 9.74. The highest BCUT2D eigenvalue weighted by molar-refractivity contribution is 5.84. The van der Waals surface area contributed by atoms with Crippen LogP contribution in [0.15, 0.2) is 24.5 Å².